The van der Waals surface area contributed by atoms with Crippen LogP contribution in [0.5, 0.6) is 0 Å². The zero-order valence-electron chi connectivity index (χ0n) is 17.5. The van der Waals surface area contributed by atoms with E-state index in [2.05, 4.69) is 36.0 Å². The third-order valence-electron chi connectivity index (χ3n) is 5.08. The van der Waals surface area contributed by atoms with Crippen LogP contribution in [0, 0.1) is 10.1 Å². The molecule has 1 amide bonds. The summed E-state index contributed by atoms with van der Waals surface area (Å²) < 4.78 is 0. The van der Waals surface area contributed by atoms with Gasteiger partial charge in [-0.2, -0.15) is 10.1 Å². The zero-order valence-corrected chi connectivity index (χ0v) is 17.5. The summed E-state index contributed by atoms with van der Waals surface area (Å²) in [7, 11) is 0. The molecule has 156 valence electrons. The van der Waals surface area contributed by atoms with Crippen LogP contribution in [0.4, 0.5) is 17.1 Å². The third-order valence-corrected chi connectivity index (χ3v) is 5.08. The fourth-order valence-corrected chi connectivity index (χ4v) is 3.45. The van der Waals surface area contributed by atoms with Crippen molar-refractivity contribution < 1.29 is 9.72 Å². The highest BCUT2D eigenvalue weighted by molar-refractivity contribution is 6.32. The Hall–Kier alpha value is -3.48. The number of carbonyl (C=O) groups is 1. The average Bonchev–Trinajstić information content (AvgIpc) is 3.06. The molecule has 3 rings (SSSR count). The maximum Gasteiger partial charge on any atom is 0.280 e. The van der Waals surface area contributed by atoms with E-state index in [0.29, 0.717) is 17.7 Å². The van der Waals surface area contributed by atoms with Crippen LogP contribution < -0.4 is 9.91 Å². The molecule has 2 aromatic carbocycles. The number of hydrogen-bond acceptors (Lipinski definition) is 5. The van der Waals surface area contributed by atoms with Crippen LogP contribution in [0.1, 0.15) is 39.2 Å². The smallest absolute Gasteiger partial charge is 0.280 e. The second kappa shape index (κ2) is 9.35. The molecule has 0 saturated carbocycles. The summed E-state index contributed by atoms with van der Waals surface area (Å²) in [6, 6.07) is 14.0. The van der Waals surface area contributed by atoms with Crippen LogP contribution in [-0.4, -0.2) is 29.6 Å². The second-order valence-corrected chi connectivity index (χ2v) is 7.01. The molecule has 0 unspecified atom stereocenters. The number of non-ortho nitro benzene ring substituents is 1. The number of nitro groups is 1. The normalized spacial score (nSPS) is 14.9. The van der Waals surface area contributed by atoms with E-state index in [1.807, 2.05) is 25.1 Å². The maximum atomic E-state index is 13.1. The summed E-state index contributed by atoms with van der Waals surface area (Å²) in [5.41, 5.74) is 3.87. The molecule has 1 heterocycles. The van der Waals surface area contributed by atoms with Crippen molar-refractivity contribution in [2.75, 3.05) is 23.0 Å². The highest BCUT2D eigenvalue weighted by atomic mass is 16.6. The van der Waals surface area contributed by atoms with E-state index in [4.69, 9.17) is 0 Å². The SMILES string of the molecule is CCCC1=NN(c2ccc([N+](=O)[O-])cc2)C(=O)C1=Cc1ccc(N(CC)CC)cc1. The molecular formula is C23H26N4O3. The minimum atomic E-state index is -0.464. The lowest BCUT2D eigenvalue weighted by atomic mass is 10.0. The molecule has 0 spiro atoms. The van der Waals surface area contributed by atoms with Gasteiger partial charge in [0.1, 0.15) is 0 Å². The Labute approximate surface area is 176 Å². The fraction of sp³-hybridized carbons (Fsp3) is 0.304. The molecule has 30 heavy (non-hydrogen) atoms. The lowest BCUT2D eigenvalue weighted by Crippen LogP contribution is -2.21. The largest absolute Gasteiger partial charge is 0.372 e. The van der Waals surface area contributed by atoms with Gasteiger partial charge < -0.3 is 4.90 Å². The number of hydrogen-bond donors (Lipinski definition) is 0. The van der Waals surface area contributed by atoms with Crippen LogP contribution >= 0.6 is 0 Å². The second-order valence-electron chi connectivity index (χ2n) is 7.01. The Morgan fingerprint density at radius 2 is 1.67 bits per heavy atom. The monoisotopic (exact) mass is 406 g/mol. The molecule has 7 heteroatoms. The molecule has 0 fully saturated rings. The number of amides is 1. The van der Waals surface area contributed by atoms with Gasteiger partial charge in [-0.15, -0.1) is 0 Å². The fourth-order valence-electron chi connectivity index (χ4n) is 3.45. The van der Waals surface area contributed by atoms with Gasteiger partial charge in [0.05, 0.1) is 21.9 Å². The van der Waals surface area contributed by atoms with Crippen molar-refractivity contribution in [1.82, 2.24) is 0 Å². The molecular weight excluding hydrogens is 380 g/mol. The Morgan fingerprint density at radius 1 is 1.03 bits per heavy atom. The van der Waals surface area contributed by atoms with Crippen LogP contribution in [0.25, 0.3) is 6.08 Å². The molecule has 0 aromatic heterocycles. The summed E-state index contributed by atoms with van der Waals surface area (Å²) in [6.07, 6.45) is 3.41. The Morgan fingerprint density at radius 3 is 2.20 bits per heavy atom. The molecule has 2 aromatic rings. The van der Waals surface area contributed by atoms with Crippen LogP contribution in [-0.2, 0) is 4.79 Å². The number of nitrogens with zero attached hydrogens (tertiary/aromatic N) is 4. The van der Waals surface area contributed by atoms with Crippen LogP contribution in [0.2, 0.25) is 0 Å². The van der Waals surface area contributed by atoms with Gasteiger partial charge in [0.25, 0.3) is 11.6 Å². The van der Waals surface area contributed by atoms with Crippen molar-refractivity contribution in [3.05, 3.63) is 69.8 Å². The molecule has 0 bridgehead atoms. The molecule has 0 aliphatic carbocycles. The van der Waals surface area contributed by atoms with Crippen molar-refractivity contribution >= 4 is 34.8 Å². The van der Waals surface area contributed by atoms with E-state index in [0.717, 1.165) is 36.5 Å². The third kappa shape index (κ3) is 4.40. The Kier molecular flexibility index (Phi) is 6.61. The predicted octanol–water partition coefficient (Wildman–Crippen LogP) is 5.03. The molecule has 0 N–H and O–H groups in total. The lowest BCUT2D eigenvalue weighted by molar-refractivity contribution is -0.384. The number of anilines is 2. The van der Waals surface area contributed by atoms with E-state index in [1.165, 1.54) is 17.1 Å². The van der Waals surface area contributed by atoms with E-state index >= 15 is 0 Å². The van der Waals surface area contributed by atoms with Crippen molar-refractivity contribution in [3.8, 4) is 0 Å². The first-order valence-electron chi connectivity index (χ1n) is 10.2. The number of hydrazone groups is 1. The van der Waals surface area contributed by atoms with Crippen molar-refractivity contribution in [3.63, 3.8) is 0 Å². The summed E-state index contributed by atoms with van der Waals surface area (Å²) in [4.78, 5) is 25.8. The highest BCUT2D eigenvalue weighted by Crippen LogP contribution is 2.28. The molecule has 0 saturated heterocycles. The van der Waals surface area contributed by atoms with Gasteiger partial charge in [-0.1, -0.05) is 25.5 Å². The first-order chi connectivity index (χ1) is 14.5. The minimum Gasteiger partial charge on any atom is -0.372 e. The summed E-state index contributed by atoms with van der Waals surface area (Å²) in [5, 5.41) is 16.7. The first-order valence-corrected chi connectivity index (χ1v) is 10.2. The van der Waals surface area contributed by atoms with E-state index in [1.54, 1.807) is 12.1 Å². The average molecular weight is 406 g/mol. The Balaban J connectivity index is 1.89. The van der Waals surface area contributed by atoms with Gasteiger partial charge in [0, 0.05) is 30.9 Å². The van der Waals surface area contributed by atoms with Gasteiger partial charge in [0.15, 0.2) is 0 Å². The zero-order chi connectivity index (χ0) is 21.7. The van der Waals surface area contributed by atoms with Gasteiger partial charge in [0.2, 0.25) is 0 Å². The predicted molar refractivity (Wildman–Crippen MR) is 121 cm³/mol. The maximum absolute atomic E-state index is 13.1. The summed E-state index contributed by atoms with van der Waals surface area (Å²) in [5.74, 6) is -0.222. The van der Waals surface area contributed by atoms with Crippen LogP contribution in [0.15, 0.2) is 59.2 Å². The summed E-state index contributed by atoms with van der Waals surface area (Å²) in [6.45, 7) is 8.16. The topological polar surface area (TPSA) is 79.0 Å². The lowest BCUT2D eigenvalue weighted by Gasteiger charge is -2.20. The van der Waals surface area contributed by atoms with Crippen molar-refractivity contribution in [1.29, 1.82) is 0 Å². The van der Waals surface area contributed by atoms with Gasteiger partial charge in [-0.05, 0) is 56.2 Å². The molecule has 7 nitrogen and oxygen atoms in total. The molecule has 1 aliphatic heterocycles. The van der Waals surface area contributed by atoms with E-state index in [9.17, 15) is 14.9 Å². The molecule has 0 radical (unpaired) electrons. The Bertz CT molecular complexity index is 975. The number of benzene rings is 2. The van der Waals surface area contributed by atoms with Gasteiger partial charge in [-0.3, -0.25) is 14.9 Å². The summed E-state index contributed by atoms with van der Waals surface area (Å²) >= 11 is 0. The van der Waals surface area contributed by atoms with Crippen molar-refractivity contribution in [2.45, 2.75) is 33.6 Å². The number of carbonyl (C=O) groups excluding carboxylic acids is 1. The van der Waals surface area contributed by atoms with Crippen LogP contribution in [0.3, 0.4) is 0 Å². The minimum absolute atomic E-state index is 0.0211. The number of rotatable bonds is 8. The van der Waals surface area contributed by atoms with E-state index in [-0.39, 0.29) is 11.6 Å². The molecule has 1 aliphatic rings. The standard InChI is InChI=1S/C23H26N4O3/c1-4-7-22-21(16-17-8-10-18(11-9-17)25(5-2)6-3)23(28)26(24-22)19-12-14-20(15-13-19)27(29)30/h8-16H,4-7H2,1-3H3. The molecule has 0 atom stereocenters. The first kappa shape index (κ1) is 21.2. The quantitative estimate of drug-likeness (QED) is 0.350. The van der Waals surface area contributed by atoms with Gasteiger partial charge >= 0.3 is 0 Å². The van der Waals surface area contributed by atoms with E-state index < -0.39 is 4.92 Å². The number of nitro benzene ring substituents is 1. The van der Waals surface area contributed by atoms with Crippen molar-refractivity contribution in [2.24, 2.45) is 5.10 Å². The van der Waals surface area contributed by atoms with Gasteiger partial charge in [-0.25, -0.2) is 0 Å². The highest BCUT2D eigenvalue weighted by Gasteiger charge is 2.30.